The van der Waals surface area contributed by atoms with Gasteiger partial charge in [-0.15, -0.1) is 0 Å². The standard InChI is InChI=1S/C11H12ClNO3/c12-9-7-8(3-4-10(9)14)11(15)13-5-1-2-6-16-13/h3-4,7,14H,1-2,5-6H2. The fourth-order valence-corrected chi connectivity index (χ4v) is 1.72. The molecule has 0 radical (unpaired) electrons. The highest BCUT2D eigenvalue weighted by Gasteiger charge is 2.19. The first-order valence-corrected chi connectivity index (χ1v) is 5.49. The minimum Gasteiger partial charge on any atom is -0.506 e. The number of hydroxylamine groups is 2. The molecule has 1 aliphatic rings. The number of nitrogens with zero attached hydrogens (tertiary/aromatic N) is 1. The number of benzene rings is 1. The van der Waals surface area contributed by atoms with Crippen LogP contribution in [0.2, 0.25) is 5.02 Å². The maximum absolute atomic E-state index is 11.9. The predicted molar refractivity (Wildman–Crippen MR) is 59.3 cm³/mol. The summed E-state index contributed by atoms with van der Waals surface area (Å²) in [4.78, 5) is 17.2. The van der Waals surface area contributed by atoms with Crippen LogP contribution in [0.4, 0.5) is 0 Å². The summed E-state index contributed by atoms with van der Waals surface area (Å²) >= 11 is 5.74. The Morgan fingerprint density at radius 2 is 2.25 bits per heavy atom. The molecule has 1 amide bonds. The number of carbonyl (C=O) groups is 1. The molecule has 0 unspecified atom stereocenters. The van der Waals surface area contributed by atoms with Gasteiger partial charge in [-0.2, -0.15) is 0 Å². The van der Waals surface area contributed by atoms with Gasteiger partial charge in [0.2, 0.25) is 0 Å². The Morgan fingerprint density at radius 1 is 1.44 bits per heavy atom. The van der Waals surface area contributed by atoms with E-state index in [1.54, 1.807) is 0 Å². The fourth-order valence-electron chi connectivity index (χ4n) is 1.54. The third-order valence-electron chi connectivity index (χ3n) is 2.42. The van der Waals surface area contributed by atoms with Crippen molar-refractivity contribution >= 4 is 17.5 Å². The first-order valence-electron chi connectivity index (χ1n) is 5.12. The highest BCUT2D eigenvalue weighted by atomic mass is 35.5. The van der Waals surface area contributed by atoms with Crippen LogP contribution in [0.3, 0.4) is 0 Å². The van der Waals surface area contributed by atoms with Crippen LogP contribution in [0, 0.1) is 0 Å². The fraction of sp³-hybridized carbons (Fsp3) is 0.364. The lowest BCUT2D eigenvalue weighted by Crippen LogP contribution is -2.35. The molecule has 2 rings (SSSR count). The molecule has 1 aliphatic heterocycles. The van der Waals surface area contributed by atoms with Crippen LogP contribution >= 0.6 is 11.6 Å². The first-order chi connectivity index (χ1) is 7.68. The van der Waals surface area contributed by atoms with Gasteiger partial charge < -0.3 is 5.11 Å². The van der Waals surface area contributed by atoms with E-state index in [0.29, 0.717) is 18.7 Å². The molecule has 1 N–H and O–H groups in total. The van der Waals surface area contributed by atoms with Crippen molar-refractivity contribution in [3.8, 4) is 5.75 Å². The maximum Gasteiger partial charge on any atom is 0.277 e. The Bertz CT molecular complexity index is 402. The summed E-state index contributed by atoms with van der Waals surface area (Å²) in [5.74, 6) is -0.251. The number of hydrogen-bond acceptors (Lipinski definition) is 3. The molecule has 5 heteroatoms. The molecule has 0 atom stereocenters. The average Bonchev–Trinajstić information content (AvgIpc) is 2.33. The number of amides is 1. The van der Waals surface area contributed by atoms with Crippen molar-refractivity contribution in [2.45, 2.75) is 12.8 Å². The van der Waals surface area contributed by atoms with Crippen LogP contribution in [-0.2, 0) is 4.84 Å². The third kappa shape index (κ3) is 2.28. The Morgan fingerprint density at radius 3 is 2.88 bits per heavy atom. The molecule has 86 valence electrons. The molecular weight excluding hydrogens is 230 g/mol. The van der Waals surface area contributed by atoms with Gasteiger partial charge in [0, 0.05) is 12.1 Å². The summed E-state index contributed by atoms with van der Waals surface area (Å²) in [5, 5.41) is 10.8. The van der Waals surface area contributed by atoms with E-state index in [1.165, 1.54) is 23.3 Å². The SMILES string of the molecule is O=C(c1ccc(O)c(Cl)c1)N1CCCCO1. The minimum atomic E-state index is -0.221. The van der Waals surface area contributed by atoms with Gasteiger partial charge in [-0.05, 0) is 31.0 Å². The molecule has 1 aromatic rings. The number of phenols is 1. The zero-order chi connectivity index (χ0) is 11.5. The van der Waals surface area contributed by atoms with Crippen LogP contribution < -0.4 is 0 Å². The molecule has 0 spiro atoms. The Kier molecular flexibility index (Phi) is 3.31. The van der Waals surface area contributed by atoms with E-state index >= 15 is 0 Å². The number of halogens is 1. The quantitative estimate of drug-likeness (QED) is 0.820. The van der Waals surface area contributed by atoms with Gasteiger partial charge in [-0.3, -0.25) is 9.63 Å². The predicted octanol–water partition coefficient (Wildman–Crippen LogP) is 2.21. The lowest BCUT2D eigenvalue weighted by molar-refractivity contribution is -0.144. The van der Waals surface area contributed by atoms with Gasteiger partial charge >= 0.3 is 0 Å². The average molecular weight is 242 g/mol. The van der Waals surface area contributed by atoms with E-state index in [1.807, 2.05) is 0 Å². The summed E-state index contributed by atoms with van der Waals surface area (Å²) in [7, 11) is 0. The van der Waals surface area contributed by atoms with Gasteiger partial charge in [0.15, 0.2) is 0 Å². The van der Waals surface area contributed by atoms with Crippen LogP contribution in [0.25, 0.3) is 0 Å². The summed E-state index contributed by atoms with van der Waals surface area (Å²) in [6, 6.07) is 4.37. The first kappa shape index (κ1) is 11.2. The molecular formula is C11H12ClNO3. The molecule has 0 bridgehead atoms. The number of carbonyl (C=O) groups excluding carboxylic acids is 1. The summed E-state index contributed by atoms with van der Waals surface area (Å²) in [6.07, 6.45) is 1.91. The number of phenolic OH excluding ortho intramolecular Hbond substituents is 1. The van der Waals surface area contributed by atoms with E-state index in [9.17, 15) is 9.90 Å². The summed E-state index contributed by atoms with van der Waals surface area (Å²) in [5.41, 5.74) is 0.421. The van der Waals surface area contributed by atoms with Gasteiger partial charge in [-0.25, -0.2) is 5.06 Å². The van der Waals surface area contributed by atoms with Gasteiger partial charge in [0.25, 0.3) is 5.91 Å². The second kappa shape index (κ2) is 4.72. The van der Waals surface area contributed by atoms with Crippen molar-refractivity contribution in [1.29, 1.82) is 0 Å². The van der Waals surface area contributed by atoms with Crippen LogP contribution in [0.15, 0.2) is 18.2 Å². The lowest BCUT2D eigenvalue weighted by atomic mass is 10.2. The van der Waals surface area contributed by atoms with Crippen molar-refractivity contribution in [2.24, 2.45) is 0 Å². The lowest BCUT2D eigenvalue weighted by Gasteiger charge is -2.25. The molecule has 1 fully saturated rings. The zero-order valence-corrected chi connectivity index (χ0v) is 9.41. The largest absolute Gasteiger partial charge is 0.506 e. The van der Waals surface area contributed by atoms with Gasteiger partial charge in [0.1, 0.15) is 5.75 Å². The second-order valence-corrected chi connectivity index (χ2v) is 4.02. The molecule has 16 heavy (non-hydrogen) atoms. The smallest absolute Gasteiger partial charge is 0.277 e. The van der Waals surface area contributed by atoms with Crippen molar-refractivity contribution in [1.82, 2.24) is 5.06 Å². The van der Waals surface area contributed by atoms with Crippen LogP contribution in [-0.4, -0.2) is 29.2 Å². The molecule has 1 saturated heterocycles. The van der Waals surface area contributed by atoms with Crippen molar-refractivity contribution in [2.75, 3.05) is 13.2 Å². The van der Waals surface area contributed by atoms with Crippen molar-refractivity contribution in [3.63, 3.8) is 0 Å². The third-order valence-corrected chi connectivity index (χ3v) is 2.73. The van der Waals surface area contributed by atoms with E-state index in [-0.39, 0.29) is 16.7 Å². The highest BCUT2D eigenvalue weighted by molar-refractivity contribution is 6.32. The Balaban J connectivity index is 2.16. The summed E-state index contributed by atoms with van der Waals surface area (Å²) < 4.78 is 0. The maximum atomic E-state index is 11.9. The molecule has 0 aromatic heterocycles. The molecule has 0 aliphatic carbocycles. The molecule has 0 saturated carbocycles. The van der Waals surface area contributed by atoms with Gasteiger partial charge in [0.05, 0.1) is 11.6 Å². The highest BCUT2D eigenvalue weighted by Crippen LogP contribution is 2.24. The topological polar surface area (TPSA) is 49.8 Å². The number of rotatable bonds is 1. The minimum absolute atomic E-state index is 0.0298. The van der Waals surface area contributed by atoms with E-state index in [2.05, 4.69) is 0 Å². The monoisotopic (exact) mass is 241 g/mol. The van der Waals surface area contributed by atoms with E-state index < -0.39 is 0 Å². The van der Waals surface area contributed by atoms with E-state index in [0.717, 1.165) is 12.8 Å². The van der Waals surface area contributed by atoms with Crippen LogP contribution in [0.1, 0.15) is 23.2 Å². The van der Waals surface area contributed by atoms with E-state index in [4.69, 9.17) is 16.4 Å². The Labute approximate surface area is 98.3 Å². The molecule has 1 heterocycles. The number of aromatic hydroxyl groups is 1. The van der Waals surface area contributed by atoms with Crippen LogP contribution in [0.5, 0.6) is 5.75 Å². The summed E-state index contributed by atoms with van der Waals surface area (Å²) in [6.45, 7) is 1.16. The zero-order valence-electron chi connectivity index (χ0n) is 8.65. The normalized spacial score (nSPS) is 16.2. The molecule has 1 aromatic carbocycles. The van der Waals surface area contributed by atoms with Crippen molar-refractivity contribution < 1.29 is 14.7 Å². The second-order valence-electron chi connectivity index (χ2n) is 3.61. The Hall–Kier alpha value is -1.26. The van der Waals surface area contributed by atoms with Gasteiger partial charge in [-0.1, -0.05) is 11.6 Å². The number of hydrogen-bond donors (Lipinski definition) is 1. The van der Waals surface area contributed by atoms with Crippen molar-refractivity contribution in [3.05, 3.63) is 28.8 Å². The molecule has 4 nitrogen and oxygen atoms in total.